The van der Waals surface area contributed by atoms with Crippen LogP contribution in [0.1, 0.15) is 13.8 Å². The third kappa shape index (κ3) is 4.25. The van der Waals surface area contributed by atoms with Crippen molar-refractivity contribution in [1.82, 2.24) is 20.2 Å². The van der Waals surface area contributed by atoms with Crippen molar-refractivity contribution in [2.75, 3.05) is 18.1 Å². The number of nitrogens with zero attached hydrogens (tertiary/aromatic N) is 4. The van der Waals surface area contributed by atoms with Crippen LogP contribution in [0.5, 0.6) is 0 Å². The maximum atomic E-state index is 11.6. The molecular formula is C8H17N5O2S2. The molecule has 0 bridgehead atoms. The lowest BCUT2D eigenvalue weighted by Crippen LogP contribution is -2.19. The third-order valence-corrected chi connectivity index (χ3v) is 5.58. The SMILES string of the molecule is CC(C)S(=O)(=O)CCSc1nnnn1CCN. The van der Waals surface area contributed by atoms with Gasteiger partial charge in [-0.25, -0.2) is 13.1 Å². The summed E-state index contributed by atoms with van der Waals surface area (Å²) in [5.41, 5.74) is 5.40. The first-order valence-corrected chi connectivity index (χ1v) is 7.98. The van der Waals surface area contributed by atoms with Crippen molar-refractivity contribution in [3.63, 3.8) is 0 Å². The standard InChI is InChI=1S/C8H17N5O2S2/c1-7(2)17(14,15)6-5-16-8-10-11-12-13(8)4-3-9/h7H,3-6,9H2,1-2H3. The summed E-state index contributed by atoms with van der Waals surface area (Å²) in [7, 11) is -3.00. The van der Waals surface area contributed by atoms with E-state index in [4.69, 9.17) is 5.73 Å². The van der Waals surface area contributed by atoms with E-state index in [1.54, 1.807) is 18.5 Å². The van der Waals surface area contributed by atoms with Crippen molar-refractivity contribution in [3.8, 4) is 0 Å². The Morgan fingerprint density at radius 1 is 1.47 bits per heavy atom. The molecule has 1 aromatic heterocycles. The number of hydrogen-bond donors (Lipinski definition) is 1. The summed E-state index contributed by atoms with van der Waals surface area (Å²) in [6.45, 7) is 4.34. The molecule has 7 nitrogen and oxygen atoms in total. The molecule has 0 amide bonds. The average molecular weight is 279 g/mol. The van der Waals surface area contributed by atoms with Gasteiger partial charge < -0.3 is 5.73 Å². The van der Waals surface area contributed by atoms with Crippen molar-refractivity contribution in [2.45, 2.75) is 30.8 Å². The minimum absolute atomic E-state index is 0.130. The van der Waals surface area contributed by atoms with Crippen molar-refractivity contribution in [1.29, 1.82) is 0 Å². The number of aromatic nitrogens is 4. The van der Waals surface area contributed by atoms with Gasteiger partial charge in [0.05, 0.1) is 17.5 Å². The topological polar surface area (TPSA) is 104 Å². The molecule has 0 unspecified atom stereocenters. The summed E-state index contributed by atoms with van der Waals surface area (Å²) in [6, 6.07) is 0. The molecule has 0 fully saturated rings. The Morgan fingerprint density at radius 3 is 2.76 bits per heavy atom. The van der Waals surface area contributed by atoms with Gasteiger partial charge in [-0.1, -0.05) is 11.8 Å². The van der Waals surface area contributed by atoms with Gasteiger partial charge in [-0.15, -0.1) is 5.10 Å². The highest BCUT2D eigenvalue weighted by Gasteiger charge is 2.16. The molecule has 2 N–H and O–H groups in total. The Balaban J connectivity index is 2.49. The fourth-order valence-electron chi connectivity index (χ4n) is 1.05. The minimum Gasteiger partial charge on any atom is -0.329 e. The summed E-state index contributed by atoms with van der Waals surface area (Å²) in [5.74, 6) is 0.580. The molecular weight excluding hydrogens is 262 g/mol. The maximum Gasteiger partial charge on any atom is 0.209 e. The van der Waals surface area contributed by atoms with Crippen LogP contribution in [0.4, 0.5) is 0 Å². The molecule has 1 rings (SSSR count). The molecule has 0 aliphatic rings. The van der Waals surface area contributed by atoms with Crippen LogP contribution in [0.15, 0.2) is 5.16 Å². The normalized spacial score (nSPS) is 12.2. The Morgan fingerprint density at radius 2 is 2.18 bits per heavy atom. The molecule has 1 heterocycles. The van der Waals surface area contributed by atoms with Gasteiger partial charge in [0.15, 0.2) is 9.84 Å². The second kappa shape index (κ2) is 6.31. The summed E-state index contributed by atoms with van der Waals surface area (Å²) >= 11 is 1.33. The van der Waals surface area contributed by atoms with Gasteiger partial charge in [0, 0.05) is 12.3 Å². The fraction of sp³-hybridized carbons (Fsp3) is 0.875. The Labute approximate surface area is 105 Å². The van der Waals surface area contributed by atoms with E-state index in [2.05, 4.69) is 15.5 Å². The highest BCUT2D eigenvalue weighted by Crippen LogP contribution is 2.14. The number of nitrogens with two attached hydrogens (primary N) is 1. The quantitative estimate of drug-likeness (QED) is 0.674. The molecule has 0 saturated carbocycles. The largest absolute Gasteiger partial charge is 0.329 e. The fourth-order valence-corrected chi connectivity index (χ4v) is 3.33. The zero-order valence-electron chi connectivity index (χ0n) is 9.90. The smallest absolute Gasteiger partial charge is 0.209 e. The molecule has 0 aromatic carbocycles. The van der Waals surface area contributed by atoms with Crippen molar-refractivity contribution in [2.24, 2.45) is 5.73 Å². The van der Waals surface area contributed by atoms with Gasteiger partial charge >= 0.3 is 0 Å². The number of hydrogen-bond acceptors (Lipinski definition) is 7. The van der Waals surface area contributed by atoms with E-state index in [1.165, 1.54) is 11.8 Å². The molecule has 0 saturated heterocycles. The molecule has 17 heavy (non-hydrogen) atoms. The second-order valence-corrected chi connectivity index (χ2v) is 7.48. The van der Waals surface area contributed by atoms with E-state index in [0.29, 0.717) is 24.0 Å². The Bertz CT molecular complexity index is 443. The van der Waals surface area contributed by atoms with E-state index in [9.17, 15) is 8.42 Å². The van der Waals surface area contributed by atoms with E-state index in [1.807, 2.05) is 0 Å². The van der Waals surface area contributed by atoms with Crippen LogP contribution in [-0.4, -0.2) is 51.9 Å². The summed E-state index contributed by atoms with van der Waals surface area (Å²) < 4.78 is 24.7. The zero-order valence-corrected chi connectivity index (χ0v) is 11.5. The van der Waals surface area contributed by atoms with E-state index >= 15 is 0 Å². The van der Waals surface area contributed by atoms with Gasteiger partial charge in [0.1, 0.15) is 0 Å². The van der Waals surface area contributed by atoms with Crippen molar-refractivity contribution < 1.29 is 8.42 Å². The summed E-state index contributed by atoms with van der Waals surface area (Å²) in [5, 5.41) is 11.4. The van der Waals surface area contributed by atoms with E-state index in [0.717, 1.165) is 0 Å². The average Bonchev–Trinajstić information content (AvgIpc) is 2.66. The van der Waals surface area contributed by atoms with Gasteiger partial charge in [0.25, 0.3) is 0 Å². The van der Waals surface area contributed by atoms with E-state index in [-0.39, 0.29) is 11.0 Å². The lowest BCUT2D eigenvalue weighted by atomic mass is 10.6. The van der Waals surface area contributed by atoms with Crippen molar-refractivity contribution in [3.05, 3.63) is 0 Å². The third-order valence-electron chi connectivity index (χ3n) is 2.16. The lowest BCUT2D eigenvalue weighted by molar-refractivity contribution is 0.557. The van der Waals surface area contributed by atoms with Crippen molar-refractivity contribution >= 4 is 21.6 Å². The monoisotopic (exact) mass is 279 g/mol. The van der Waals surface area contributed by atoms with Gasteiger partial charge in [-0.2, -0.15) is 0 Å². The molecule has 0 aliphatic heterocycles. The van der Waals surface area contributed by atoms with Crippen LogP contribution in [0.3, 0.4) is 0 Å². The number of rotatable bonds is 7. The highest BCUT2D eigenvalue weighted by atomic mass is 32.2. The lowest BCUT2D eigenvalue weighted by Gasteiger charge is -2.06. The van der Waals surface area contributed by atoms with Gasteiger partial charge in [0.2, 0.25) is 5.16 Å². The molecule has 0 aliphatic carbocycles. The van der Waals surface area contributed by atoms with Crippen LogP contribution in [0.2, 0.25) is 0 Å². The predicted octanol–water partition coefficient (Wildman–Crippen LogP) is -0.453. The van der Waals surface area contributed by atoms with Gasteiger partial charge in [-0.3, -0.25) is 0 Å². The highest BCUT2D eigenvalue weighted by molar-refractivity contribution is 8.00. The summed E-state index contributed by atoms with van der Waals surface area (Å²) in [4.78, 5) is 0. The predicted molar refractivity (Wildman–Crippen MR) is 66.5 cm³/mol. The second-order valence-electron chi connectivity index (χ2n) is 3.74. The first-order chi connectivity index (χ1) is 7.97. The minimum atomic E-state index is -3.00. The first kappa shape index (κ1) is 14.4. The van der Waals surface area contributed by atoms with Crippen LogP contribution >= 0.6 is 11.8 Å². The number of thioether (sulfide) groups is 1. The van der Waals surface area contributed by atoms with Crippen LogP contribution in [0, 0.1) is 0 Å². The van der Waals surface area contributed by atoms with Crippen LogP contribution in [0.25, 0.3) is 0 Å². The molecule has 1 aromatic rings. The molecule has 98 valence electrons. The Kier molecular flexibility index (Phi) is 5.34. The molecule has 0 atom stereocenters. The Hall–Kier alpha value is -0.670. The maximum absolute atomic E-state index is 11.6. The number of tetrazole rings is 1. The van der Waals surface area contributed by atoms with E-state index < -0.39 is 9.84 Å². The van der Waals surface area contributed by atoms with Crippen LogP contribution < -0.4 is 5.73 Å². The molecule has 9 heteroatoms. The summed E-state index contributed by atoms with van der Waals surface area (Å²) in [6.07, 6.45) is 0. The van der Waals surface area contributed by atoms with Crippen LogP contribution in [-0.2, 0) is 16.4 Å². The van der Waals surface area contributed by atoms with Gasteiger partial charge in [-0.05, 0) is 24.3 Å². The molecule has 0 spiro atoms. The molecule has 0 radical (unpaired) electrons. The zero-order chi connectivity index (χ0) is 12.9. The number of sulfone groups is 1. The first-order valence-electron chi connectivity index (χ1n) is 5.28.